The van der Waals surface area contributed by atoms with Gasteiger partial charge in [-0.15, -0.1) is 21.5 Å². The summed E-state index contributed by atoms with van der Waals surface area (Å²) >= 11 is 4.58. The second kappa shape index (κ2) is 8.98. The number of anilines is 2. The second-order valence-corrected chi connectivity index (χ2v) is 8.84. The van der Waals surface area contributed by atoms with Crippen molar-refractivity contribution in [2.75, 3.05) is 11.9 Å². The minimum Gasteiger partial charge on any atom is -0.355 e. The number of carbonyl (C=O) groups is 1. The van der Waals surface area contributed by atoms with Crippen molar-refractivity contribution in [3.05, 3.63) is 52.7 Å². The molecule has 1 unspecified atom stereocenters. The summed E-state index contributed by atoms with van der Waals surface area (Å²) in [6.45, 7) is 2.54. The molecule has 0 aliphatic rings. The number of benzene rings is 1. The predicted octanol–water partition coefficient (Wildman–Crippen LogP) is 4.18. The Balaban J connectivity index is 1.45. The molecule has 1 aromatic carbocycles. The molecule has 0 radical (unpaired) electrons. The standard InChI is InChI=1S/C17H18N4OS3/c1-12(15(22)18-10-9-14-8-5-11-23-14)24-17-21-20-16(25-17)19-13-6-3-2-4-7-13/h2-8,11-12H,9-10H2,1H3,(H,18,22)(H,19,20). The molecule has 0 fully saturated rings. The van der Waals surface area contributed by atoms with E-state index in [0.29, 0.717) is 6.54 Å². The first-order valence-corrected chi connectivity index (χ1v) is 10.4. The monoisotopic (exact) mass is 390 g/mol. The van der Waals surface area contributed by atoms with E-state index in [-0.39, 0.29) is 11.2 Å². The van der Waals surface area contributed by atoms with E-state index in [1.807, 2.05) is 48.7 Å². The first-order valence-electron chi connectivity index (χ1n) is 7.83. The van der Waals surface area contributed by atoms with Crippen molar-refractivity contribution < 1.29 is 4.79 Å². The van der Waals surface area contributed by atoms with Crippen molar-refractivity contribution in [2.24, 2.45) is 0 Å². The van der Waals surface area contributed by atoms with Gasteiger partial charge in [-0.3, -0.25) is 4.79 Å². The van der Waals surface area contributed by atoms with Crippen molar-refractivity contribution in [3.8, 4) is 0 Å². The molecule has 0 aliphatic heterocycles. The van der Waals surface area contributed by atoms with E-state index in [4.69, 9.17) is 0 Å². The zero-order valence-electron chi connectivity index (χ0n) is 13.6. The maximum Gasteiger partial charge on any atom is 0.233 e. The first-order chi connectivity index (χ1) is 12.2. The average molecular weight is 391 g/mol. The van der Waals surface area contributed by atoms with Crippen molar-refractivity contribution >= 4 is 51.2 Å². The molecule has 8 heteroatoms. The van der Waals surface area contributed by atoms with Crippen LogP contribution >= 0.6 is 34.4 Å². The fourth-order valence-corrected chi connectivity index (χ4v) is 4.71. The molecular weight excluding hydrogens is 372 g/mol. The van der Waals surface area contributed by atoms with Gasteiger partial charge in [-0.2, -0.15) is 0 Å². The SMILES string of the molecule is CC(Sc1nnc(Nc2ccccc2)s1)C(=O)NCCc1cccs1. The van der Waals surface area contributed by atoms with Gasteiger partial charge in [-0.05, 0) is 36.9 Å². The maximum absolute atomic E-state index is 12.2. The van der Waals surface area contributed by atoms with Gasteiger partial charge in [0.2, 0.25) is 11.0 Å². The fraction of sp³-hybridized carbons (Fsp3) is 0.235. The molecule has 1 amide bonds. The lowest BCUT2D eigenvalue weighted by atomic mass is 10.3. The highest BCUT2D eigenvalue weighted by Crippen LogP contribution is 2.30. The van der Waals surface area contributed by atoms with E-state index >= 15 is 0 Å². The van der Waals surface area contributed by atoms with E-state index in [1.54, 1.807) is 11.3 Å². The molecule has 2 N–H and O–H groups in total. The molecule has 2 aromatic heterocycles. The smallest absolute Gasteiger partial charge is 0.233 e. The molecule has 5 nitrogen and oxygen atoms in total. The predicted molar refractivity (Wildman–Crippen MR) is 106 cm³/mol. The van der Waals surface area contributed by atoms with E-state index in [9.17, 15) is 4.79 Å². The van der Waals surface area contributed by atoms with Crippen LogP contribution in [0.5, 0.6) is 0 Å². The number of thiophene rings is 1. The van der Waals surface area contributed by atoms with Crippen molar-refractivity contribution in [1.82, 2.24) is 15.5 Å². The van der Waals surface area contributed by atoms with Crippen LogP contribution in [0.1, 0.15) is 11.8 Å². The van der Waals surface area contributed by atoms with Gasteiger partial charge in [-0.1, -0.05) is 47.4 Å². The zero-order valence-corrected chi connectivity index (χ0v) is 16.1. The van der Waals surface area contributed by atoms with Crippen LogP contribution in [0.2, 0.25) is 0 Å². The lowest BCUT2D eigenvalue weighted by Gasteiger charge is -2.09. The Morgan fingerprint density at radius 1 is 1.20 bits per heavy atom. The van der Waals surface area contributed by atoms with Crippen LogP contribution in [0.4, 0.5) is 10.8 Å². The number of carbonyl (C=O) groups excluding carboxylic acids is 1. The van der Waals surface area contributed by atoms with Gasteiger partial charge in [0.1, 0.15) is 0 Å². The quantitative estimate of drug-likeness (QED) is 0.565. The number of amides is 1. The van der Waals surface area contributed by atoms with Crippen LogP contribution in [0.15, 0.2) is 52.2 Å². The van der Waals surface area contributed by atoms with E-state index in [2.05, 4.69) is 26.9 Å². The lowest BCUT2D eigenvalue weighted by molar-refractivity contribution is -0.120. The second-order valence-electron chi connectivity index (χ2n) is 5.24. The number of hydrogen-bond acceptors (Lipinski definition) is 7. The zero-order chi connectivity index (χ0) is 17.5. The number of nitrogens with zero attached hydrogens (tertiary/aromatic N) is 2. The topological polar surface area (TPSA) is 66.9 Å². The third-order valence-corrected chi connectivity index (χ3v) is 6.29. The summed E-state index contributed by atoms with van der Waals surface area (Å²) in [4.78, 5) is 13.5. The van der Waals surface area contributed by atoms with Gasteiger partial charge < -0.3 is 10.6 Å². The molecule has 25 heavy (non-hydrogen) atoms. The molecule has 0 spiro atoms. The van der Waals surface area contributed by atoms with Crippen LogP contribution < -0.4 is 10.6 Å². The molecule has 1 atom stereocenters. The van der Waals surface area contributed by atoms with Gasteiger partial charge in [0.05, 0.1) is 5.25 Å². The summed E-state index contributed by atoms with van der Waals surface area (Å²) in [6.07, 6.45) is 0.866. The van der Waals surface area contributed by atoms with E-state index in [1.165, 1.54) is 28.0 Å². The summed E-state index contributed by atoms with van der Waals surface area (Å²) in [5.41, 5.74) is 0.967. The molecule has 3 aromatic rings. The number of para-hydroxylation sites is 1. The van der Waals surface area contributed by atoms with Gasteiger partial charge in [-0.25, -0.2) is 0 Å². The van der Waals surface area contributed by atoms with Crippen LogP contribution in [-0.4, -0.2) is 27.9 Å². The highest BCUT2D eigenvalue weighted by molar-refractivity contribution is 8.02. The third kappa shape index (κ3) is 5.55. The Morgan fingerprint density at radius 3 is 2.80 bits per heavy atom. The highest BCUT2D eigenvalue weighted by atomic mass is 32.2. The molecular formula is C17H18N4OS3. The minimum atomic E-state index is -0.208. The number of nitrogens with one attached hydrogen (secondary N) is 2. The maximum atomic E-state index is 12.2. The highest BCUT2D eigenvalue weighted by Gasteiger charge is 2.17. The summed E-state index contributed by atoms with van der Waals surface area (Å²) in [5, 5.41) is 17.0. The summed E-state index contributed by atoms with van der Waals surface area (Å²) in [7, 11) is 0. The normalized spacial score (nSPS) is 11.9. The Hall–Kier alpha value is -1.90. The third-order valence-electron chi connectivity index (χ3n) is 3.33. The summed E-state index contributed by atoms with van der Waals surface area (Å²) < 4.78 is 0.777. The van der Waals surface area contributed by atoms with Crippen LogP contribution in [0.25, 0.3) is 0 Å². The Bertz CT molecular complexity index is 789. The lowest BCUT2D eigenvalue weighted by Crippen LogP contribution is -2.32. The van der Waals surface area contributed by atoms with Crippen LogP contribution in [0.3, 0.4) is 0 Å². The van der Waals surface area contributed by atoms with Gasteiger partial charge in [0.15, 0.2) is 4.34 Å². The molecule has 0 aliphatic carbocycles. The molecule has 0 saturated carbocycles. The van der Waals surface area contributed by atoms with Gasteiger partial charge >= 0.3 is 0 Å². The summed E-state index contributed by atoms with van der Waals surface area (Å²) in [6, 6.07) is 13.9. The largest absolute Gasteiger partial charge is 0.355 e. The fourth-order valence-electron chi connectivity index (χ4n) is 2.07. The Morgan fingerprint density at radius 2 is 2.04 bits per heavy atom. The summed E-state index contributed by atoms with van der Waals surface area (Å²) in [5.74, 6) is 0.0225. The van der Waals surface area contributed by atoms with Gasteiger partial charge in [0.25, 0.3) is 0 Å². The Labute approximate surface area is 158 Å². The Kier molecular flexibility index (Phi) is 6.43. The van der Waals surface area contributed by atoms with Crippen molar-refractivity contribution in [1.29, 1.82) is 0 Å². The number of thioether (sulfide) groups is 1. The first kappa shape index (κ1) is 17.9. The number of rotatable bonds is 8. The van der Waals surface area contributed by atoms with E-state index in [0.717, 1.165) is 21.6 Å². The minimum absolute atomic E-state index is 0.0225. The molecule has 0 saturated heterocycles. The molecule has 130 valence electrons. The van der Waals surface area contributed by atoms with Crippen molar-refractivity contribution in [2.45, 2.75) is 22.9 Å². The van der Waals surface area contributed by atoms with Crippen LogP contribution in [-0.2, 0) is 11.2 Å². The van der Waals surface area contributed by atoms with Crippen LogP contribution in [0, 0.1) is 0 Å². The van der Waals surface area contributed by atoms with E-state index < -0.39 is 0 Å². The number of aromatic nitrogens is 2. The molecule has 3 rings (SSSR count). The van der Waals surface area contributed by atoms with Crippen molar-refractivity contribution in [3.63, 3.8) is 0 Å². The molecule has 2 heterocycles. The molecule has 0 bridgehead atoms. The average Bonchev–Trinajstić information content (AvgIpc) is 3.28. The number of hydrogen-bond donors (Lipinski definition) is 2. The van der Waals surface area contributed by atoms with Gasteiger partial charge in [0, 0.05) is 17.1 Å².